The number of hydrogen-bond donors (Lipinski definition) is 1. The van der Waals surface area contributed by atoms with Crippen LogP contribution in [0.25, 0.3) is 0 Å². The lowest BCUT2D eigenvalue weighted by atomic mass is 9.92. The second kappa shape index (κ2) is 8.24. The van der Waals surface area contributed by atoms with Gasteiger partial charge in [0, 0.05) is 22.7 Å². The normalized spacial score (nSPS) is 23.2. The van der Waals surface area contributed by atoms with Gasteiger partial charge in [0.1, 0.15) is 17.2 Å². The van der Waals surface area contributed by atoms with E-state index in [-0.39, 0.29) is 38.7 Å². The molecule has 1 heterocycles. The number of rotatable bonds is 4. The van der Waals surface area contributed by atoms with Crippen LogP contribution in [0.3, 0.4) is 0 Å². The molecule has 168 valence electrons. The molecule has 2 atom stereocenters. The summed E-state index contributed by atoms with van der Waals surface area (Å²) in [5.41, 5.74) is -0.413. The van der Waals surface area contributed by atoms with E-state index in [1.807, 2.05) is 20.8 Å². The van der Waals surface area contributed by atoms with Crippen molar-refractivity contribution in [3.8, 4) is 0 Å². The molecule has 1 aromatic rings. The Morgan fingerprint density at radius 1 is 1.27 bits per heavy atom. The number of carbonyl (C=O) groups excluding carboxylic acids is 1. The summed E-state index contributed by atoms with van der Waals surface area (Å²) >= 11 is 4.72. The summed E-state index contributed by atoms with van der Waals surface area (Å²) in [7, 11) is 0. The molecule has 4 nitrogen and oxygen atoms in total. The molecule has 0 bridgehead atoms. The fourth-order valence-corrected chi connectivity index (χ4v) is 5.31. The molecule has 1 N–H and O–H groups in total. The monoisotopic (exact) mass is 504 g/mol. The number of nitrogens with zero attached hydrogens (tertiary/aromatic N) is 1. The molecule has 2 aliphatic rings. The Hall–Kier alpha value is -0.860. The molecule has 3 rings (SSSR count). The van der Waals surface area contributed by atoms with Crippen molar-refractivity contribution in [1.29, 1.82) is 0 Å². The molecule has 1 amide bonds. The van der Waals surface area contributed by atoms with Crippen LogP contribution in [0.15, 0.2) is 16.6 Å². The van der Waals surface area contributed by atoms with Gasteiger partial charge in [-0.15, -0.1) is 0 Å². The largest absolute Gasteiger partial charge is 0.444 e. The van der Waals surface area contributed by atoms with Crippen LogP contribution in [-0.2, 0) is 11.2 Å². The van der Waals surface area contributed by atoms with E-state index in [1.165, 1.54) is 6.07 Å². The summed E-state index contributed by atoms with van der Waals surface area (Å²) < 4.78 is 38.1. The highest BCUT2D eigenvalue weighted by molar-refractivity contribution is 9.10. The summed E-state index contributed by atoms with van der Waals surface area (Å²) in [6.45, 7) is 12.4. The van der Waals surface area contributed by atoms with Gasteiger partial charge in [0.25, 0.3) is 0 Å². The number of hydrogen-bond acceptors (Lipinski definition) is 4. The Kier molecular flexibility index (Phi) is 6.54. The molecule has 0 aromatic heterocycles. The summed E-state index contributed by atoms with van der Waals surface area (Å²) in [6.07, 6.45) is 1.81. The van der Waals surface area contributed by atoms with Crippen molar-refractivity contribution in [2.75, 3.05) is 6.54 Å². The molecular formula is C22H31BrF2N2O2S. The zero-order valence-electron chi connectivity index (χ0n) is 18.4. The third kappa shape index (κ3) is 5.49. The molecule has 1 aromatic carbocycles. The topological polar surface area (TPSA) is 41.6 Å². The summed E-state index contributed by atoms with van der Waals surface area (Å²) in [5, 5.41) is 0. The maximum Gasteiger partial charge on any atom is 0.410 e. The number of halogens is 3. The Bertz CT molecular complexity index is 819. The fourth-order valence-electron chi connectivity index (χ4n) is 3.95. The van der Waals surface area contributed by atoms with Crippen molar-refractivity contribution in [3.05, 3.63) is 33.8 Å². The van der Waals surface area contributed by atoms with Crippen LogP contribution < -0.4 is 4.72 Å². The molecular weight excluding hydrogens is 474 g/mol. The predicted molar refractivity (Wildman–Crippen MR) is 120 cm³/mol. The fraction of sp³-hybridized carbons (Fsp3) is 0.682. The highest BCUT2D eigenvalue weighted by Crippen LogP contribution is 2.56. The lowest BCUT2D eigenvalue weighted by Crippen LogP contribution is -2.47. The first-order valence-electron chi connectivity index (χ1n) is 10.3. The highest BCUT2D eigenvalue weighted by atomic mass is 79.9. The molecule has 1 aliphatic carbocycles. The van der Waals surface area contributed by atoms with Crippen LogP contribution in [0, 0.1) is 17.0 Å². The van der Waals surface area contributed by atoms with Gasteiger partial charge in [-0.2, -0.15) is 0 Å². The molecule has 1 saturated carbocycles. The first kappa shape index (κ1) is 23.8. The van der Waals surface area contributed by atoms with E-state index < -0.39 is 23.3 Å². The quantitative estimate of drug-likeness (QED) is 0.398. The number of likely N-dealkylation sites (tertiary alicyclic amines) is 1. The molecule has 1 aliphatic heterocycles. The van der Waals surface area contributed by atoms with Crippen molar-refractivity contribution in [1.82, 2.24) is 9.62 Å². The number of benzene rings is 1. The van der Waals surface area contributed by atoms with Gasteiger partial charge in [0.15, 0.2) is 0 Å². The average molecular weight is 505 g/mol. The first-order valence-corrected chi connectivity index (χ1v) is 11.9. The minimum atomic E-state index is -0.628. The molecule has 1 saturated heterocycles. The lowest BCUT2D eigenvalue weighted by molar-refractivity contribution is 0.0213. The van der Waals surface area contributed by atoms with E-state index in [0.29, 0.717) is 6.54 Å². The maximum absolute atomic E-state index is 14.8. The molecule has 1 spiro atoms. The van der Waals surface area contributed by atoms with Crippen molar-refractivity contribution in [2.45, 2.75) is 83.2 Å². The van der Waals surface area contributed by atoms with E-state index >= 15 is 0 Å². The first-order chi connectivity index (χ1) is 13.7. The van der Waals surface area contributed by atoms with Crippen LogP contribution in [0.4, 0.5) is 13.6 Å². The van der Waals surface area contributed by atoms with Gasteiger partial charge in [0.2, 0.25) is 0 Å². The van der Waals surface area contributed by atoms with E-state index in [2.05, 4.69) is 41.4 Å². The zero-order chi connectivity index (χ0) is 22.5. The molecule has 0 radical (unpaired) electrons. The standard InChI is InChI=1S/C22H31BrF2N2O2S/c1-20(2,3)29-19(28)27-12-22(7-8-22)18(26-30-21(4,5)6)16(27)10-13-9-14(24)11-15(23)17(13)25/h9,11,16,18,26H,7-8,10,12H2,1-6H3/t16?,18-/m1/s1. The second-order valence-electron chi connectivity index (χ2n) is 10.4. The summed E-state index contributed by atoms with van der Waals surface area (Å²) in [4.78, 5) is 14.8. The van der Waals surface area contributed by atoms with Crippen LogP contribution in [0.2, 0.25) is 0 Å². The molecule has 30 heavy (non-hydrogen) atoms. The number of ether oxygens (including phenoxy) is 1. The summed E-state index contributed by atoms with van der Waals surface area (Å²) in [5.74, 6) is -0.991. The Labute approximate surface area is 190 Å². The average Bonchev–Trinajstić information content (AvgIpc) is 3.26. The van der Waals surface area contributed by atoms with Crippen LogP contribution in [0.5, 0.6) is 0 Å². The zero-order valence-corrected chi connectivity index (χ0v) is 20.8. The van der Waals surface area contributed by atoms with Crippen LogP contribution >= 0.6 is 27.9 Å². The number of amides is 1. The van der Waals surface area contributed by atoms with Crippen LogP contribution in [0.1, 0.15) is 59.9 Å². The number of carbonyl (C=O) groups is 1. The van der Waals surface area contributed by atoms with Gasteiger partial charge in [0.05, 0.1) is 10.5 Å². The second-order valence-corrected chi connectivity index (χ2v) is 12.9. The van der Waals surface area contributed by atoms with Gasteiger partial charge in [-0.1, -0.05) is 11.9 Å². The minimum Gasteiger partial charge on any atom is -0.444 e. The SMILES string of the molecule is CC(C)(C)OC(=O)N1CC2(CC2)[C@H](NSC(C)(C)C)C1Cc1cc(F)cc(Br)c1F. The molecule has 1 unspecified atom stereocenters. The minimum absolute atomic E-state index is 0.0207. The third-order valence-electron chi connectivity index (χ3n) is 5.44. The van der Waals surface area contributed by atoms with Crippen molar-refractivity contribution in [3.63, 3.8) is 0 Å². The smallest absolute Gasteiger partial charge is 0.410 e. The van der Waals surface area contributed by atoms with E-state index in [9.17, 15) is 13.6 Å². The highest BCUT2D eigenvalue weighted by Gasteiger charge is 2.61. The van der Waals surface area contributed by atoms with Crippen molar-refractivity contribution >= 4 is 34.0 Å². The Morgan fingerprint density at radius 2 is 1.90 bits per heavy atom. The van der Waals surface area contributed by atoms with Crippen molar-refractivity contribution < 1.29 is 18.3 Å². The molecule has 8 heteroatoms. The van der Waals surface area contributed by atoms with Gasteiger partial charge in [-0.3, -0.25) is 4.72 Å². The Morgan fingerprint density at radius 3 is 2.43 bits per heavy atom. The van der Waals surface area contributed by atoms with E-state index in [0.717, 1.165) is 18.9 Å². The van der Waals surface area contributed by atoms with Crippen LogP contribution in [-0.4, -0.2) is 40.0 Å². The van der Waals surface area contributed by atoms with Crippen molar-refractivity contribution in [2.24, 2.45) is 5.41 Å². The summed E-state index contributed by atoms with van der Waals surface area (Å²) in [6, 6.07) is 1.97. The maximum atomic E-state index is 14.8. The van der Waals surface area contributed by atoms with E-state index in [1.54, 1.807) is 16.8 Å². The van der Waals surface area contributed by atoms with Gasteiger partial charge >= 0.3 is 6.09 Å². The van der Waals surface area contributed by atoms with Gasteiger partial charge in [-0.05, 0) is 94.4 Å². The molecule has 2 fully saturated rings. The van der Waals surface area contributed by atoms with Gasteiger partial charge < -0.3 is 9.64 Å². The van der Waals surface area contributed by atoms with Gasteiger partial charge in [-0.25, -0.2) is 13.6 Å². The van der Waals surface area contributed by atoms with E-state index in [4.69, 9.17) is 4.74 Å². The predicted octanol–water partition coefficient (Wildman–Crippen LogP) is 6.07. The third-order valence-corrected chi connectivity index (χ3v) is 7.00. The lowest BCUT2D eigenvalue weighted by Gasteiger charge is -2.32. The Balaban J connectivity index is 1.93. The number of nitrogens with one attached hydrogen (secondary N) is 1.